The maximum Gasteiger partial charge on any atom is 0.0351 e. The Kier molecular flexibility index (Phi) is 4.54. The zero-order valence-electron chi connectivity index (χ0n) is 12.3. The molecule has 1 aromatic carbocycles. The zero-order valence-corrected chi connectivity index (χ0v) is 13.9. The Morgan fingerprint density at radius 3 is 2.62 bits per heavy atom. The fraction of sp³-hybridized carbons (Fsp3) is 0.222. The van der Waals surface area contributed by atoms with Crippen LogP contribution in [0.15, 0.2) is 53.2 Å². The molecule has 0 bridgehead atoms. The molecule has 0 radical (unpaired) electrons. The van der Waals surface area contributed by atoms with Crippen molar-refractivity contribution in [1.82, 2.24) is 5.32 Å². The zero-order chi connectivity index (χ0) is 14.7. The van der Waals surface area contributed by atoms with Crippen molar-refractivity contribution in [3.8, 4) is 10.4 Å². The average molecular weight is 313 g/mol. The van der Waals surface area contributed by atoms with Gasteiger partial charge in [-0.3, -0.25) is 0 Å². The van der Waals surface area contributed by atoms with Crippen molar-refractivity contribution in [2.24, 2.45) is 0 Å². The number of thiophene rings is 2. The summed E-state index contributed by atoms with van der Waals surface area (Å²) >= 11 is 3.63. The van der Waals surface area contributed by atoms with Gasteiger partial charge in [-0.15, -0.1) is 22.7 Å². The fourth-order valence-corrected chi connectivity index (χ4v) is 3.90. The van der Waals surface area contributed by atoms with Gasteiger partial charge in [-0.05, 0) is 42.3 Å². The van der Waals surface area contributed by atoms with Gasteiger partial charge in [-0.25, -0.2) is 0 Å². The molecular formula is C18H19NS2. The summed E-state index contributed by atoms with van der Waals surface area (Å²) in [5, 5.41) is 7.99. The summed E-state index contributed by atoms with van der Waals surface area (Å²) in [5.41, 5.74) is 4.00. The summed E-state index contributed by atoms with van der Waals surface area (Å²) in [6.45, 7) is 5.27. The highest BCUT2D eigenvalue weighted by atomic mass is 32.1. The molecule has 0 aliphatic carbocycles. The molecule has 0 spiro atoms. The quantitative estimate of drug-likeness (QED) is 0.643. The lowest BCUT2D eigenvalue weighted by Gasteiger charge is -2.13. The molecule has 1 nitrogen and oxygen atoms in total. The Morgan fingerprint density at radius 2 is 1.90 bits per heavy atom. The van der Waals surface area contributed by atoms with E-state index in [0.29, 0.717) is 6.04 Å². The van der Waals surface area contributed by atoms with Crippen LogP contribution in [0, 0.1) is 6.92 Å². The Morgan fingerprint density at radius 1 is 1.10 bits per heavy atom. The van der Waals surface area contributed by atoms with Gasteiger partial charge in [-0.2, -0.15) is 0 Å². The van der Waals surface area contributed by atoms with E-state index in [9.17, 15) is 0 Å². The molecule has 0 amide bonds. The number of hydrogen-bond acceptors (Lipinski definition) is 3. The lowest BCUT2D eigenvalue weighted by Crippen LogP contribution is -2.17. The smallest absolute Gasteiger partial charge is 0.0351 e. The first-order valence-electron chi connectivity index (χ1n) is 7.13. The highest BCUT2D eigenvalue weighted by Gasteiger charge is 2.07. The van der Waals surface area contributed by atoms with Crippen molar-refractivity contribution < 1.29 is 0 Å². The second kappa shape index (κ2) is 6.56. The molecule has 0 aliphatic rings. The SMILES string of the molecule is Cc1ccc(C(C)NCc2cc(-c3cccs3)cs2)cc1. The van der Waals surface area contributed by atoms with Crippen LogP contribution in [-0.4, -0.2) is 0 Å². The van der Waals surface area contributed by atoms with Crippen LogP contribution in [-0.2, 0) is 6.54 Å². The first-order chi connectivity index (χ1) is 10.2. The maximum absolute atomic E-state index is 3.61. The Labute approximate surface area is 134 Å². The third-order valence-corrected chi connectivity index (χ3v) is 5.47. The molecule has 108 valence electrons. The fourth-order valence-electron chi connectivity index (χ4n) is 2.27. The van der Waals surface area contributed by atoms with E-state index in [2.05, 4.69) is 72.4 Å². The van der Waals surface area contributed by atoms with Crippen molar-refractivity contribution >= 4 is 22.7 Å². The third-order valence-electron chi connectivity index (χ3n) is 3.62. The number of aryl methyl sites for hydroxylation is 1. The van der Waals surface area contributed by atoms with Gasteiger partial charge >= 0.3 is 0 Å². The van der Waals surface area contributed by atoms with Crippen LogP contribution in [0.3, 0.4) is 0 Å². The topological polar surface area (TPSA) is 12.0 Å². The number of rotatable bonds is 5. The van der Waals surface area contributed by atoms with Gasteiger partial charge in [0.1, 0.15) is 0 Å². The van der Waals surface area contributed by atoms with Gasteiger partial charge in [0.05, 0.1) is 0 Å². The first kappa shape index (κ1) is 14.5. The summed E-state index contributed by atoms with van der Waals surface area (Å²) in [4.78, 5) is 2.74. The van der Waals surface area contributed by atoms with Crippen LogP contribution < -0.4 is 5.32 Å². The molecule has 2 aromatic heterocycles. The summed E-state index contributed by atoms with van der Waals surface area (Å²) in [6.07, 6.45) is 0. The predicted molar refractivity (Wildman–Crippen MR) is 94.1 cm³/mol. The van der Waals surface area contributed by atoms with Gasteiger partial charge in [0.15, 0.2) is 0 Å². The number of nitrogens with one attached hydrogen (secondary N) is 1. The molecule has 21 heavy (non-hydrogen) atoms. The van der Waals surface area contributed by atoms with Gasteiger partial charge in [0.2, 0.25) is 0 Å². The van der Waals surface area contributed by atoms with Crippen LogP contribution in [0.4, 0.5) is 0 Å². The van der Waals surface area contributed by atoms with E-state index in [1.54, 1.807) is 11.3 Å². The van der Waals surface area contributed by atoms with Crippen molar-refractivity contribution in [2.75, 3.05) is 0 Å². The minimum atomic E-state index is 0.373. The summed E-state index contributed by atoms with van der Waals surface area (Å²) in [7, 11) is 0. The molecule has 3 rings (SSSR count). The molecule has 1 unspecified atom stereocenters. The highest BCUT2D eigenvalue weighted by molar-refractivity contribution is 7.14. The Balaban J connectivity index is 1.61. The van der Waals surface area contributed by atoms with Crippen LogP contribution >= 0.6 is 22.7 Å². The molecule has 0 aliphatic heterocycles. The average Bonchev–Trinajstić information content (AvgIpc) is 3.16. The first-order valence-corrected chi connectivity index (χ1v) is 8.89. The molecule has 0 saturated heterocycles. The Bertz CT molecular complexity index is 680. The molecule has 3 heteroatoms. The number of hydrogen-bond donors (Lipinski definition) is 1. The van der Waals surface area contributed by atoms with E-state index in [-0.39, 0.29) is 0 Å². The lowest BCUT2D eigenvalue weighted by atomic mass is 10.1. The van der Waals surface area contributed by atoms with Gasteiger partial charge < -0.3 is 5.32 Å². The van der Waals surface area contributed by atoms with Crippen molar-refractivity contribution in [2.45, 2.75) is 26.4 Å². The van der Waals surface area contributed by atoms with E-state index in [4.69, 9.17) is 0 Å². The van der Waals surface area contributed by atoms with E-state index >= 15 is 0 Å². The van der Waals surface area contributed by atoms with Gasteiger partial charge in [0, 0.05) is 27.9 Å². The van der Waals surface area contributed by atoms with E-state index in [0.717, 1.165) is 6.54 Å². The molecule has 1 atom stereocenters. The minimum absolute atomic E-state index is 0.373. The monoisotopic (exact) mass is 313 g/mol. The summed E-state index contributed by atoms with van der Waals surface area (Å²) in [5.74, 6) is 0. The maximum atomic E-state index is 3.61. The molecule has 3 aromatic rings. The van der Waals surface area contributed by atoms with Crippen LogP contribution in [0.2, 0.25) is 0 Å². The largest absolute Gasteiger partial charge is 0.305 e. The van der Waals surface area contributed by atoms with Crippen molar-refractivity contribution in [3.05, 3.63) is 69.2 Å². The Hall–Kier alpha value is -1.42. The molecular weight excluding hydrogens is 294 g/mol. The third kappa shape index (κ3) is 3.62. The molecule has 0 saturated carbocycles. The lowest BCUT2D eigenvalue weighted by molar-refractivity contribution is 0.579. The van der Waals surface area contributed by atoms with Crippen LogP contribution in [0.25, 0.3) is 10.4 Å². The molecule has 0 fully saturated rings. The van der Waals surface area contributed by atoms with Gasteiger partial charge in [0.25, 0.3) is 0 Å². The minimum Gasteiger partial charge on any atom is -0.305 e. The predicted octanol–water partition coefficient (Wildman–Crippen LogP) is 5.64. The molecule has 2 heterocycles. The summed E-state index contributed by atoms with van der Waals surface area (Å²) < 4.78 is 0. The highest BCUT2D eigenvalue weighted by Crippen LogP contribution is 2.29. The van der Waals surface area contributed by atoms with Crippen molar-refractivity contribution in [1.29, 1.82) is 0 Å². The normalized spacial score (nSPS) is 12.5. The van der Waals surface area contributed by atoms with E-state index in [1.807, 2.05) is 11.3 Å². The van der Waals surface area contributed by atoms with Crippen LogP contribution in [0.1, 0.15) is 29.0 Å². The van der Waals surface area contributed by atoms with Crippen molar-refractivity contribution in [3.63, 3.8) is 0 Å². The molecule has 1 N–H and O–H groups in total. The number of benzene rings is 1. The van der Waals surface area contributed by atoms with E-state index in [1.165, 1.54) is 26.4 Å². The van der Waals surface area contributed by atoms with E-state index < -0.39 is 0 Å². The second-order valence-electron chi connectivity index (χ2n) is 5.29. The van der Waals surface area contributed by atoms with Gasteiger partial charge in [-0.1, -0.05) is 35.9 Å². The van der Waals surface area contributed by atoms with Crippen LogP contribution in [0.5, 0.6) is 0 Å². The standard InChI is InChI=1S/C18H19NS2/c1-13-5-7-15(8-6-13)14(2)19-11-17-10-16(12-21-17)18-4-3-9-20-18/h3-10,12,14,19H,11H2,1-2H3. The second-order valence-corrected chi connectivity index (χ2v) is 7.24. The summed E-state index contributed by atoms with van der Waals surface area (Å²) in [6, 6.07) is 15.7.